The molecule has 13 nitrogen and oxygen atoms in total. The number of carbonyl (C=O) groups is 5. The topological polar surface area (TPSA) is 153 Å². The highest BCUT2D eigenvalue weighted by Gasteiger charge is 2.37. The summed E-state index contributed by atoms with van der Waals surface area (Å²) < 4.78 is 23.1. The largest absolute Gasteiger partial charge is 0.496 e. The van der Waals surface area contributed by atoms with Gasteiger partial charge in [-0.1, -0.05) is 46.3 Å². The maximum Gasteiger partial charge on any atom is 0.410 e. The van der Waals surface area contributed by atoms with E-state index in [-0.39, 0.29) is 31.0 Å². The van der Waals surface area contributed by atoms with Crippen LogP contribution in [0.5, 0.6) is 11.5 Å². The molecule has 2 unspecified atom stereocenters. The molecular formula is C40H43BrN4O9. The predicted molar refractivity (Wildman–Crippen MR) is 206 cm³/mol. The molecule has 4 amide bonds. The van der Waals surface area contributed by atoms with E-state index in [9.17, 15) is 24.0 Å². The van der Waals surface area contributed by atoms with Crippen LogP contribution < -0.4 is 25.0 Å². The van der Waals surface area contributed by atoms with Crippen LogP contribution in [0.3, 0.4) is 0 Å². The van der Waals surface area contributed by atoms with Crippen molar-refractivity contribution in [3.8, 4) is 11.5 Å². The number of para-hydroxylation sites is 1. The Labute approximate surface area is 322 Å². The first-order valence-corrected chi connectivity index (χ1v) is 17.9. The standard InChI is InChI=1S/C40H43BrN4O9/c1-23(44(5)39(50)54-40(2,3)4)35(46)43-31-22-53-34-29(36(47)42-20-24-11-13-25(14-12-24)38(49)52-7)9-8-10-32(34)45(37(31)48)21-30-28-17-16-27(41)19-26(28)15-18-33(30)51-6/h8-19,23,31H,20-22H2,1-7H3,(H,42,47)(H,43,46). The van der Waals surface area contributed by atoms with Gasteiger partial charge in [-0.15, -0.1) is 0 Å². The molecule has 1 heterocycles. The first-order chi connectivity index (χ1) is 25.6. The summed E-state index contributed by atoms with van der Waals surface area (Å²) in [6.07, 6.45) is -0.702. The smallest absolute Gasteiger partial charge is 0.410 e. The van der Waals surface area contributed by atoms with Crippen molar-refractivity contribution in [2.24, 2.45) is 0 Å². The molecule has 54 heavy (non-hydrogen) atoms. The summed E-state index contributed by atoms with van der Waals surface area (Å²) >= 11 is 3.53. The zero-order chi connectivity index (χ0) is 39.3. The summed E-state index contributed by atoms with van der Waals surface area (Å²) in [5, 5.41) is 7.38. The number of anilines is 1. The monoisotopic (exact) mass is 802 g/mol. The van der Waals surface area contributed by atoms with Crippen LogP contribution in [0.4, 0.5) is 10.5 Å². The average Bonchev–Trinajstić information content (AvgIpc) is 3.27. The van der Waals surface area contributed by atoms with Crippen LogP contribution in [0.1, 0.15) is 59.5 Å². The summed E-state index contributed by atoms with van der Waals surface area (Å²) in [4.78, 5) is 69.2. The van der Waals surface area contributed by atoms with Gasteiger partial charge < -0.3 is 34.5 Å². The summed E-state index contributed by atoms with van der Waals surface area (Å²) in [5.74, 6) is -1.39. The molecule has 2 atom stereocenters. The molecule has 0 aromatic heterocycles. The Morgan fingerprint density at radius 2 is 1.74 bits per heavy atom. The highest BCUT2D eigenvalue weighted by molar-refractivity contribution is 9.10. The van der Waals surface area contributed by atoms with E-state index in [0.29, 0.717) is 22.6 Å². The van der Waals surface area contributed by atoms with Gasteiger partial charge in [-0.3, -0.25) is 19.3 Å². The zero-order valence-electron chi connectivity index (χ0n) is 31.2. The summed E-state index contributed by atoms with van der Waals surface area (Å²) in [5.41, 5.74) is 1.49. The summed E-state index contributed by atoms with van der Waals surface area (Å²) in [6.45, 7) is 6.51. The number of benzene rings is 4. The number of rotatable bonds is 10. The number of fused-ring (bicyclic) bond motifs is 2. The number of amides is 4. The zero-order valence-corrected chi connectivity index (χ0v) is 32.7. The van der Waals surface area contributed by atoms with Gasteiger partial charge in [0.1, 0.15) is 30.0 Å². The van der Waals surface area contributed by atoms with E-state index in [1.807, 2.05) is 30.3 Å². The fourth-order valence-corrected chi connectivity index (χ4v) is 6.23. The molecule has 0 bridgehead atoms. The van der Waals surface area contributed by atoms with Crippen molar-refractivity contribution < 1.29 is 42.9 Å². The Morgan fingerprint density at radius 3 is 2.41 bits per heavy atom. The number of methoxy groups -OCH3 is 2. The number of halogens is 1. The number of carbonyl (C=O) groups excluding carboxylic acids is 5. The van der Waals surface area contributed by atoms with E-state index in [1.165, 1.54) is 26.0 Å². The number of hydrogen-bond acceptors (Lipinski definition) is 9. The van der Waals surface area contributed by atoms with Crippen molar-refractivity contribution >= 4 is 62.2 Å². The first-order valence-electron chi connectivity index (χ1n) is 17.2. The Kier molecular flexibility index (Phi) is 12.2. The van der Waals surface area contributed by atoms with Gasteiger partial charge in [0.15, 0.2) is 5.75 Å². The molecule has 0 fully saturated rings. The molecule has 0 saturated carbocycles. The van der Waals surface area contributed by atoms with Crippen molar-refractivity contribution in [1.29, 1.82) is 0 Å². The molecule has 14 heteroatoms. The van der Waals surface area contributed by atoms with Gasteiger partial charge in [0.05, 0.1) is 37.6 Å². The number of esters is 1. The normalized spacial score (nSPS) is 14.6. The van der Waals surface area contributed by atoms with Gasteiger partial charge in [-0.05, 0) is 86.5 Å². The third-order valence-electron chi connectivity index (χ3n) is 8.86. The van der Waals surface area contributed by atoms with Crippen molar-refractivity contribution in [2.75, 3.05) is 32.8 Å². The lowest BCUT2D eigenvalue weighted by Crippen LogP contribution is -2.55. The molecular weight excluding hydrogens is 760 g/mol. The highest BCUT2D eigenvalue weighted by atomic mass is 79.9. The lowest BCUT2D eigenvalue weighted by molar-refractivity contribution is -0.130. The molecule has 5 rings (SSSR count). The number of likely N-dealkylation sites (N-methyl/N-ethyl adjacent to an activating group) is 1. The minimum atomic E-state index is -1.21. The Hall–Kier alpha value is -5.63. The van der Waals surface area contributed by atoms with E-state index in [1.54, 1.807) is 70.3 Å². The second kappa shape index (κ2) is 16.6. The highest BCUT2D eigenvalue weighted by Crippen LogP contribution is 2.39. The second-order valence-electron chi connectivity index (χ2n) is 13.7. The number of nitrogens with one attached hydrogen (secondary N) is 2. The molecule has 0 radical (unpaired) electrons. The van der Waals surface area contributed by atoms with Crippen LogP contribution in [-0.4, -0.2) is 80.2 Å². The van der Waals surface area contributed by atoms with E-state index in [4.69, 9.17) is 18.9 Å². The molecule has 4 aromatic rings. The van der Waals surface area contributed by atoms with Gasteiger partial charge in [0.25, 0.3) is 11.8 Å². The van der Waals surface area contributed by atoms with Gasteiger partial charge >= 0.3 is 12.1 Å². The first kappa shape index (κ1) is 39.6. The molecule has 0 saturated heterocycles. The van der Waals surface area contributed by atoms with Gasteiger partial charge in [0, 0.05) is 23.6 Å². The Morgan fingerprint density at radius 1 is 1.02 bits per heavy atom. The van der Waals surface area contributed by atoms with E-state index in [2.05, 4.69) is 26.6 Å². The quantitative estimate of drug-likeness (QED) is 0.184. The summed E-state index contributed by atoms with van der Waals surface area (Å²) in [6, 6.07) is 18.8. The molecule has 0 spiro atoms. The summed E-state index contributed by atoms with van der Waals surface area (Å²) in [7, 11) is 4.28. The SMILES string of the molecule is COC(=O)c1ccc(CNC(=O)c2cccc3c2OCC(NC(=O)C(C)N(C)C(=O)OC(C)(C)C)C(=O)N3Cc2c(OC)ccc3cc(Br)ccc23)cc1. The van der Waals surface area contributed by atoms with Crippen molar-refractivity contribution in [3.05, 3.63) is 99.5 Å². The molecule has 284 valence electrons. The molecule has 1 aliphatic rings. The predicted octanol–water partition coefficient (Wildman–Crippen LogP) is 5.99. The van der Waals surface area contributed by atoms with Crippen LogP contribution in [0, 0.1) is 0 Å². The maximum atomic E-state index is 14.6. The van der Waals surface area contributed by atoms with Crippen molar-refractivity contribution in [1.82, 2.24) is 15.5 Å². The van der Waals surface area contributed by atoms with Crippen LogP contribution in [-0.2, 0) is 32.2 Å². The molecule has 2 N–H and O–H groups in total. The maximum absolute atomic E-state index is 14.6. The third kappa shape index (κ3) is 8.93. The molecule has 4 aromatic carbocycles. The van der Waals surface area contributed by atoms with Gasteiger partial charge in [0.2, 0.25) is 5.91 Å². The fourth-order valence-electron chi connectivity index (χ4n) is 5.85. The second-order valence-corrected chi connectivity index (χ2v) is 14.6. The number of nitrogens with zero attached hydrogens (tertiary/aromatic N) is 2. The number of ether oxygens (including phenoxy) is 4. The van der Waals surface area contributed by atoms with E-state index < -0.39 is 47.5 Å². The molecule has 1 aliphatic heterocycles. The molecule has 0 aliphatic carbocycles. The van der Waals surface area contributed by atoms with E-state index in [0.717, 1.165) is 25.7 Å². The van der Waals surface area contributed by atoms with Crippen LogP contribution in [0.2, 0.25) is 0 Å². The van der Waals surface area contributed by atoms with Gasteiger partial charge in [-0.25, -0.2) is 9.59 Å². The minimum absolute atomic E-state index is 0.00527. The van der Waals surface area contributed by atoms with Crippen LogP contribution in [0.25, 0.3) is 10.8 Å². The van der Waals surface area contributed by atoms with Crippen molar-refractivity contribution in [3.63, 3.8) is 0 Å². The van der Waals surface area contributed by atoms with Crippen molar-refractivity contribution in [2.45, 2.75) is 58.5 Å². The Balaban J connectivity index is 1.49. The third-order valence-corrected chi connectivity index (χ3v) is 9.35. The number of hydrogen-bond donors (Lipinski definition) is 2. The van der Waals surface area contributed by atoms with Gasteiger partial charge in [-0.2, -0.15) is 0 Å². The lowest BCUT2D eigenvalue weighted by atomic mass is 10.0. The van der Waals surface area contributed by atoms with E-state index >= 15 is 0 Å². The average molecular weight is 804 g/mol. The Bertz CT molecular complexity index is 2080. The minimum Gasteiger partial charge on any atom is -0.496 e. The van der Waals surface area contributed by atoms with Crippen LogP contribution in [0.15, 0.2) is 77.3 Å². The fraction of sp³-hybridized carbons (Fsp3) is 0.325. The lowest BCUT2D eigenvalue weighted by Gasteiger charge is -2.30. The van der Waals surface area contributed by atoms with Crippen LogP contribution >= 0.6 is 15.9 Å².